The van der Waals surface area contributed by atoms with Crippen LogP contribution < -0.4 is 9.47 Å². The lowest BCUT2D eigenvalue weighted by Crippen LogP contribution is -2.32. The van der Waals surface area contributed by atoms with Crippen molar-refractivity contribution < 1.29 is 9.47 Å². The summed E-state index contributed by atoms with van der Waals surface area (Å²) in [6, 6.07) is 4.14. The van der Waals surface area contributed by atoms with Crippen molar-refractivity contribution in [3.8, 4) is 11.5 Å². The van der Waals surface area contributed by atoms with E-state index in [4.69, 9.17) is 21.7 Å². The van der Waals surface area contributed by atoms with Gasteiger partial charge in [-0.2, -0.15) is 5.10 Å². The highest BCUT2D eigenvalue weighted by Gasteiger charge is 2.20. The molecule has 0 unspecified atom stereocenters. The fraction of sp³-hybridized carbons (Fsp3) is 0.412. The Morgan fingerprint density at radius 2 is 1.96 bits per heavy atom. The zero-order valence-corrected chi connectivity index (χ0v) is 14.9. The molecule has 0 N–H and O–H groups in total. The summed E-state index contributed by atoms with van der Waals surface area (Å²) in [6.45, 7) is 6.89. The summed E-state index contributed by atoms with van der Waals surface area (Å²) in [5, 5.41) is 4.39. The lowest BCUT2D eigenvalue weighted by molar-refractivity contribution is 0.187. The molecule has 0 bridgehead atoms. The second-order valence-corrected chi connectivity index (χ2v) is 6.14. The van der Waals surface area contributed by atoms with Gasteiger partial charge >= 0.3 is 0 Å². The molecule has 3 rings (SSSR count). The van der Waals surface area contributed by atoms with E-state index in [1.54, 1.807) is 20.5 Å². The summed E-state index contributed by atoms with van der Waals surface area (Å²) < 4.78 is 15.3. The average Bonchev–Trinajstić information content (AvgIpc) is 2.94. The number of ether oxygens (including phenoxy) is 2. The third-order valence-electron chi connectivity index (χ3n) is 4.25. The van der Waals surface area contributed by atoms with Gasteiger partial charge in [0.05, 0.1) is 20.9 Å². The summed E-state index contributed by atoms with van der Waals surface area (Å²) in [6.07, 6.45) is 4.55. The summed E-state index contributed by atoms with van der Waals surface area (Å²) >= 11 is 5.46. The van der Waals surface area contributed by atoms with Gasteiger partial charge in [0.25, 0.3) is 0 Å². The molecule has 0 fully saturated rings. The summed E-state index contributed by atoms with van der Waals surface area (Å²) in [5.41, 5.74) is 2.57. The van der Waals surface area contributed by atoms with Crippen LogP contribution in [-0.4, -0.2) is 40.0 Å². The molecule has 2 aromatic rings. The molecule has 0 saturated heterocycles. The number of allylic oxidation sites excluding steroid dienone is 1. The quantitative estimate of drug-likeness (QED) is 0.594. The highest BCUT2D eigenvalue weighted by molar-refractivity contribution is 7.71. The van der Waals surface area contributed by atoms with Crippen molar-refractivity contribution >= 4 is 12.2 Å². The second kappa shape index (κ2) is 7.19. The molecule has 0 saturated carbocycles. The van der Waals surface area contributed by atoms with E-state index in [1.807, 2.05) is 15.3 Å². The number of benzene rings is 1. The molecule has 7 heteroatoms. The monoisotopic (exact) mass is 346 g/mol. The van der Waals surface area contributed by atoms with Crippen LogP contribution in [0.3, 0.4) is 0 Å². The van der Waals surface area contributed by atoms with E-state index < -0.39 is 0 Å². The third-order valence-corrected chi connectivity index (χ3v) is 4.70. The van der Waals surface area contributed by atoms with Crippen molar-refractivity contribution in [1.82, 2.24) is 19.2 Å². The summed E-state index contributed by atoms with van der Waals surface area (Å²) in [5.74, 6) is 1.56. The van der Waals surface area contributed by atoms with Crippen LogP contribution in [0.25, 0.3) is 0 Å². The van der Waals surface area contributed by atoms with Gasteiger partial charge in [0, 0.05) is 19.6 Å². The fourth-order valence-corrected chi connectivity index (χ4v) is 3.21. The molecule has 0 spiro atoms. The Hall–Kier alpha value is -2.12. The van der Waals surface area contributed by atoms with Crippen molar-refractivity contribution in [1.29, 1.82) is 0 Å². The SMILES string of the molecule is C=CCn1cnn(CN2CCc3cc(OC)c(OC)cc3C2)c1=S. The number of hydrogen-bond donors (Lipinski definition) is 0. The largest absolute Gasteiger partial charge is 0.493 e. The fourth-order valence-electron chi connectivity index (χ4n) is 2.98. The smallest absolute Gasteiger partial charge is 0.199 e. The Morgan fingerprint density at radius 1 is 1.25 bits per heavy atom. The van der Waals surface area contributed by atoms with Crippen molar-refractivity contribution in [2.45, 2.75) is 26.2 Å². The van der Waals surface area contributed by atoms with Crippen LogP contribution in [0.2, 0.25) is 0 Å². The van der Waals surface area contributed by atoms with Crippen LogP contribution in [0.1, 0.15) is 11.1 Å². The van der Waals surface area contributed by atoms with Gasteiger partial charge < -0.3 is 14.0 Å². The van der Waals surface area contributed by atoms with Crippen LogP contribution >= 0.6 is 12.2 Å². The maximum absolute atomic E-state index is 5.46. The number of fused-ring (bicyclic) bond motifs is 1. The van der Waals surface area contributed by atoms with Gasteiger partial charge in [0.1, 0.15) is 6.33 Å². The van der Waals surface area contributed by atoms with Gasteiger partial charge in [0.15, 0.2) is 16.3 Å². The zero-order chi connectivity index (χ0) is 17.1. The highest BCUT2D eigenvalue weighted by Crippen LogP contribution is 2.33. The van der Waals surface area contributed by atoms with E-state index in [1.165, 1.54) is 11.1 Å². The Labute approximate surface area is 146 Å². The number of hydrogen-bond acceptors (Lipinski definition) is 5. The van der Waals surface area contributed by atoms with Crippen LogP contribution in [-0.2, 0) is 26.2 Å². The molecule has 6 nitrogen and oxygen atoms in total. The van der Waals surface area contributed by atoms with Crippen LogP contribution in [0.4, 0.5) is 0 Å². The minimum atomic E-state index is 0.677. The molecule has 2 heterocycles. The first-order valence-corrected chi connectivity index (χ1v) is 8.26. The van der Waals surface area contributed by atoms with Crippen molar-refractivity contribution in [2.24, 2.45) is 0 Å². The number of aromatic nitrogens is 3. The van der Waals surface area contributed by atoms with Crippen molar-refractivity contribution in [3.63, 3.8) is 0 Å². The van der Waals surface area contributed by atoms with Gasteiger partial charge in [-0.25, -0.2) is 4.68 Å². The number of nitrogens with zero attached hydrogens (tertiary/aromatic N) is 4. The molecule has 128 valence electrons. The van der Waals surface area contributed by atoms with E-state index in [0.717, 1.165) is 31.0 Å². The van der Waals surface area contributed by atoms with E-state index in [2.05, 4.69) is 28.7 Å². The lowest BCUT2D eigenvalue weighted by atomic mass is 9.99. The molecule has 0 amide bonds. The average molecular weight is 346 g/mol. The van der Waals surface area contributed by atoms with Crippen molar-refractivity contribution in [3.05, 3.63) is 47.0 Å². The number of rotatable bonds is 6. The zero-order valence-electron chi connectivity index (χ0n) is 14.1. The molecule has 24 heavy (non-hydrogen) atoms. The molecule has 1 aromatic heterocycles. The van der Waals surface area contributed by atoms with Gasteiger partial charge in [0.2, 0.25) is 0 Å². The predicted molar refractivity (Wildman–Crippen MR) is 94.9 cm³/mol. The van der Waals surface area contributed by atoms with E-state index in [9.17, 15) is 0 Å². The Balaban J connectivity index is 1.77. The van der Waals surface area contributed by atoms with E-state index in [0.29, 0.717) is 18.0 Å². The minimum absolute atomic E-state index is 0.677. The first kappa shape index (κ1) is 16.7. The van der Waals surface area contributed by atoms with E-state index in [-0.39, 0.29) is 0 Å². The standard InChI is InChI=1S/C17H22N4O2S/c1-4-6-20-11-18-21(17(20)24)12-19-7-5-13-8-15(22-2)16(23-3)9-14(13)10-19/h4,8-9,11H,1,5-7,10,12H2,2-3H3. The first-order valence-electron chi connectivity index (χ1n) is 7.85. The van der Waals surface area contributed by atoms with Gasteiger partial charge in [-0.15, -0.1) is 6.58 Å². The molecule has 1 aliphatic rings. The van der Waals surface area contributed by atoms with Gasteiger partial charge in [-0.05, 0) is 41.9 Å². The molecule has 0 aliphatic carbocycles. The summed E-state index contributed by atoms with van der Waals surface area (Å²) in [4.78, 5) is 2.33. The highest BCUT2D eigenvalue weighted by atomic mass is 32.1. The van der Waals surface area contributed by atoms with Crippen LogP contribution in [0.15, 0.2) is 31.1 Å². The second-order valence-electron chi connectivity index (χ2n) is 5.77. The Bertz CT molecular complexity index is 796. The van der Waals surface area contributed by atoms with Gasteiger partial charge in [-0.1, -0.05) is 6.08 Å². The molecule has 0 atom stereocenters. The molecular formula is C17H22N4O2S. The minimum Gasteiger partial charge on any atom is -0.493 e. The normalized spacial score (nSPS) is 14.2. The number of methoxy groups -OCH3 is 2. The topological polar surface area (TPSA) is 44.5 Å². The summed E-state index contributed by atoms with van der Waals surface area (Å²) in [7, 11) is 3.33. The maximum Gasteiger partial charge on any atom is 0.199 e. The van der Waals surface area contributed by atoms with E-state index >= 15 is 0 Å². The first-order chi connectivity index (χ1) is 11.7. The molecule has 0 radical (unpaired) electrons. The molecular weight excluding hydrogens is 324 g/mol. The third kappa shape index (κ3) is 3.22. The lowest BCUT2D eigenvalue weighted by Gasteiger charge is -2.29. The van der Waals surface area contributed by atoms with Gasteiger partial charge in [-0.3, -0.25) is 4.90 Å². The Morgan fingerprint density at radius 3 is 2.62 bits per heavy atom. The van der Waals surface area contributed by atoms with Crippen molar-refractivity contribution in [2.75, 3.05) is 20.8 Å². The molecule has 1 aromatic carbocycles. The maximum atomic E-state index is 5.46. The molecule has 1 aliphatic heterocycles. The predicted octanol–water partition coefficient (Wildman–Crippen LogP) is 2.63. The van der Waals surface area contributed by atoms with Crippen LogP contribution in [0, 0.1) is 4.77 Å². The van der Waals surface area contributed by atoms with Crippen LogP contribution in [0.5, 0.6) is 11.5 Å². The Kier molecular flexibility index (Phi) is 5.01.